The predicted octanol–water partition coefficient (Wildman–Crippen LogP) is 1.72. The number of anilines is 3. The van der Waals surface area contributed by atoms with Crippen molar-refractivity contribution in [1.29, 1.82) is 0 Å². The Morgan fingerprint density at radius 3 is 2.84 bits per heavy atom. The van der Waals surface area contributed by atoms with Gasteiger partial charge < -0.3 is 15.2 Å². The second-order valence-corrected chi connectivity index (χ2v) is 4.50. The Balaban J connectivity index is 1.74. The molecule has 19 heavy (non-hydrogen) atoms. The van der Waals surface area contributed by atoms with E-state index < -0.39 is 0 Å². The summed E-state index contributed by atoms with van der Waals surface area (Å²) in [5.41, 5.74) is 0. The van der Waals surface area contributed by atoms with Crippen molar-refractivity contribution >= 4 is 23.2 Å². The minimum Gasteiger partial charge on any atom is -0.356 e. The van der Waals surface area contributed by atoms with Crippen molar-refractivity contribution in [3.8, 4) is 0 Å². The second-order valence-electron chi connectivity index (χ2n) is 4.50. The van der Waals surface area contributed by atoms with Gasteiger partial charge in [-0.1, -0.05) is 0 Å². The first-order valence-electron chi connectivity index (χ1n) is 6.30. The highest BCUT2D eigenvalue weighted by Gasteiger charge is 2.17. The highest BCUT2D eigenvalue weighted by atomic mass is 16.1. The normalized spacial score (nSPS) is 15.6. The third-order valence-electron chi connectivity index (χ3n) is 3.16. The van der Waals surface area contributed by atoms with Crippen LogP contribution < -0.4 is 10.2 Å². The van der Waals surface area contributed by atoms with Crippen LogP contribution >= 0.6 is 0 Å². The fourth-order valence-electron chi connectivity index (χ4n) is 2.12. The predicted molar refractivity (Wildman–Crippen MR) is 72.6 cm³/mol. The number of hydrogen-bond donors (Lipinski definition) is 2. The largest absolute Gasteiger partial charge is 0.356 e. The molecule has 0 aromatic carbocycles. The number of nitrogens with zero attached hydrogens (tertiary/aromatic N) is 3. The zero-order valence-corrected chi connectivity index (χ0v) is 10.5. The molecule has 0 unspecified atom stereocenters. The second kappa shape index (κ2) is 5.09. The number of rotatable bonds is 3. The van der Waals surface area contributed by atoms with Crippen LogP contribution in [0, 0.1) is 0 Å². The van der Waals surface area contributed by atoms with Gasteiger partial charge in [-0.15, -0.1) is 0 Å². The standard InChI is InChI=1S/C13H15N5O/c19-10-3-6-18(7-4-10)13-8-12(15-9-16-13)17-11-2-1-5-14-11/h1-2,5,8-9,14H,3-4,6-7H2,(H,15,16,17). The molecule has 6 nitrogen and oxygen atoms in total. The molecule has 3 rings (SSSR count). The molecule has 0 bridgehead atoms. The first-order chi connectivity index (χ1) is 9.31. The number of hydrogen-bond acceptors (Lipinski definition) is 5. The summed E-state index contributed by atoms with van der Waals surface area (Å²) in [6, 6.07) is 5.75. The fourth-order valence-corrected chi connectivity index (χ4v) is 2.12. The van der Waals surface area contributed by atoms with Gasteiger partial charge in [0, 0.05) is 38.2 Å². The molecule has 0 saturated carbocycles. The molecular weight excluding hydrogens is 242 g/mol. The highest BCUT2D eigenvalue weighted by Crippen LogP contribution is 2.19. The number of H-pyrrole nitrogens is 1. The average Bonchev–Trinajstić information content (AvgIpc) is 2.93. The first kappa shape index (κ1) is 11.7. The molecule has 2 N–H and O–H groups in total. The number of Topliss-reactive ketones (excluding diaryl/α,β-unsaturated/α-hetero) is 1. The monoisotopic (exact) mass is 257 g/mol. The lowest BCUT2D eigenvalue weighted by Crippen LogP contribution is -2.34. The Labute approximate surface area is 110 Å². The van der Waals surface area contributed by atoms with Gasteiger partial charge in [0.15, 0.2) is 0 Å². The van der Waals surface area contributed by atoms with Crippen molar-refractivity contribution in [1.82, 2.24) is 15.0 Å². The van der Waals surface area contributed by atoms with Gasteiger partial charge >= 0.3 is 0 Å². The van der Waals surface area contributed by atoms with Crippen LogP contribution in [0.3, 0.4) is 0 Å². The summed E-state index contributed by atoms with van der Waals surface area (Å²) in [6.07, 6.45) is 4.59. The molecule has 0 spiro atoms. The summed E-state index contributed by atoms with van der Waals surface area (Å²) in [5, 5.41) is 3.17. The molecule has 1 aliphatic rings. The summed E-state index contributed by atoms with van der Waals surface area (Å²) in [6.45, 7) is 1.47. The summed E-state index contributed by atoms with van der Waals surface area (Å²) >= 11 is 0. The van der Waals surface area contributed by atoms with Gasteiger partial charge in [0.1, 0.15) is 29.6 Å². The highest BCUT2D eigenvalue weighted by molar-refractivity contribution is 5.80. The maximum Gasteiger partial charge on any atom is 0.136 e. The molecule has 2 aromatic rings. The van der Waals surface area contributed by atoms with E-state index in [1.165, 1.54) is 6.33 Å². The molecule has 98 valence electrons. The molecular formula is C13H15N5O. The fraction of sp³-hybridized carbons (Fsp3) is 0.308. The Bertz CT molecular complexity index is 556. The van der Waals surface area contributed by atoms with E-state index in [0.717, 1.165) is 30.5 Å². The quantitative estimate of drug-likeness (QED) is 0.875. The van der Waals surface area contributed by atoms with Crippen molar-refractivity contribution in [2.45, 2.75) is 12.8 Å². The average molecular weight is 257 g/mol. The topological polar surface area (TPSA) is 73.9 Å². The van der Waals surface area contributed by atoms with Crippen molar-refractivity contribution in [3.63, 3.8) is 0 Å². The Hall–Kier alpha value is -2.37. The van der Waals surface area contributed by atoms with Crippen molar-refractivity contribution < 1.29 is 4.79 Å². The lowest BCUT2D eigenvalue weighted by Gasteiger charge is -2.27. The van der Waals surface area contributed by atoms with Crippen LogP contribution in [0.4, 0.5) is 17.5 Å². The maximum absolute atomic E-state index is 11.2. The van der Waals surface area contributed by atoms with Gasteiger partial charge in [0.2, 0.25) is 0 Å². The SMILES string of the molecule is O=C1CCN(c2cc(Nc3ccc[nH]3)ncn2)CC1. The van der Waals surface area contributed by atoms with Crippen LogP contribution in [0.15, 0.2) is 30.7 Å². The number of ketones is 1. The Morgan fingerprint density at radius 1 is 1.26 bits per heavy atom. The number of carbonyl (C=O) groups excluding carboxylic acids is 1. The molecule has 1 fully saturated rings. The molecule has 3 heterocycles. The van der Waals surface area contributed by atoms with Crippen molar-refractivity contribution in [2.75, 3.05) is 23.3 Å². The molecule has 2 aromatic heterocycles. The Morgan fingerprint density at radius 2 is 2.11 bits per heavy atom. The molecule has 6 heteroatoms. The van der Waals surface area contributed by atoms with E-state index in [4.69, 9.17) is 0 Å². The van der Waals surface area contributed by atoms with E-state index in [1.54, 1.807) is 0 Å². The number of carbonyl (C=O) groups is 1. The van der Waals surface area contributed by atoms with E-state index in [-0.39, 0.29) is 0 Å². The lowest BCUT2D eigenvalue weighted by molar-refractivity contribution is -0.119. The number of piperidine rings is 1. The van der Waals surface area contributed by atoms with Crippen LogP contribution in [0.25, 0.3) is 0 Å². The van der Waals surface area contributed by atoms with E-state index in [1.807, 2.05) is 24.4 Å². The van der Waals surface area contributed by atoms with Crippen LogP contribution in [0.1, 0.15) is 12.8 Å². The molecule has 0 aliphatic carbocycles. The van der Waals surface area contributed by atoms with E-state index >= 15 is 0 Å². The van der Waals surface area contributed by atoms with E-state index in [9.17, 15) is 4.79 Å². The lowest BCUT2D eigenvalue weighted by atomic mass is 10.1. The van der Waals surface area contributed by atoms with Gasteiger partial charge in [-0.3, -0.25) is 4.79 Å². The molecule has 0 radical (unpaired) electrons. The third-order valence-corrected chi connectivity index (χ3v) is 3.16. The van der Waals surface area contributed by atoms with Crippen molar-refractivity contribution in [3.05, 3.63) is 30.7 Å². The van der Waals surface area contributed by atoms with Gasteiger partial charge in [0.25, 0.3) is 0 Å². The smallest absolute Gasteiger partial charge is 0.136 e. The van der Waals surface area contributed by atoms with Crippen LogP contribution in [-0.4, -0.2) is 33.8 Å². The summed E-state index contributed by atoms with van der Waals surface area (Å²) < 4.78 is 0. The van der Waals surface area contributed by atoms with E-state index in [2.05, 4.69) is 25.2 Å². The number of aromatic nitrogens is 3. The minimum atomic E-state index is 0.329. The first-order valence-corrected chi connectivity index (χ1v) is 6.30. The number of nitrogens with one attached hydrogen (secondary N) is 2. The third kappa shape index (κ3) is 2.73. The zero-order chi connectivity index (χ0) is 13.1. The number of aromatic amines is 1. The zero-order valence-electron chi connectivity index (χ0n) is 10.5. The Kier molecular flexibility index (Phi) is 3.14. The minimum absolute atomic E-state index is 0.329. The van der Waals surface area contributed by atoms with Crippen LogP contribution in [0.2, 0.25) is 0 Å². The van der Waals surface area contributed by atoms with Crippen LogP contribution in [0.5, 0.6) is 0 Å². The van der Waals surface area contributed by atoms with Gasteiger partial charge in [-0.2, -0.15) is 0 Å². The summed E-state index contributed by atoms with van der Waals surface area (Å²) in [4.78, 5) is 24.9. The molecule has 1 aliphatic heterocycles. The molecule has 0 amide bonds. The summed E-state index contributed by atoms with van der Waals surface area (Å²) in [5.74, 6) is 2.81. The van der Waals surface area contributed by atoms with Gasteiger partial charge in [-0.25, -0.2) is 9.97 Å². The van der Waals surface area contributed by atoms with E-state index in [0.29, 0.717) is 18.6 Å². The molecule has 1 saturated heterocycles. The molecule has 0 atom stereocenters. The summed E-state index contributed by atoms with van der Waals surface area (Å²) in [7, 11) is 0. The van der Waals surface area contributed by atoms with Gasteiger partial charge in [0.05, 0.1) is 0 Å². The van der Waals surface area contributed by atoms with Crippen molar-refractivity contribution in [2.24, 2.45) is 0 Å². The van der Waals surface area contributed by atoms with Crippen LogP contribution in [-0.2, 0) is 4.79 Å². The maximum atomic E-state index is 11.2. The van der Waals surface area contributed by atoms with Gasteiger partial charge in [-0.05, 0) is 12.1 Å².